The lowest BCUT2D eigenvalue weighted by atomic mass is 9.81. The van der Waals surface area contributed by atoms with Crippen molar-refractivity contribution in [3.05, 3.63) is 34.3 Å². The molecule has 0 saturated heterocycles. The highest BCUT2D eigenvalue weighted by Crippen LogP contribution is 2.29. The van der Waals surface area contributed by atoms with Crippen LogP contribution in [0.4, 0.5) is 0 Å². The van der Waals surface area contributed by atoms with Gasteiger partial charge in [-0.3, -0.25) is 4.90 Å². The molecular weight excluding hydrogens is 302 g/mol. The van der Waals surface area contributed by atoms with E-state index in [0.717, 1.165) is 36.7 Å². The molecule has 1 aliphatic carbocycles. The van der Waals surface area contributed by atoms with Crippen molar-refractivity contribution in [1.29, 1.82) is 5.26 Å². The summed E-state index contributed by atoms with van der Waals surface area (Å²) in [5, 5.41) is 9.05. The summed E-state index contributed by atoms with van der Waals surface area (Å²) < 4.78 is 1.16. The van der Waals surface area contributed by atoms with E-state index in [1.165, 1.54) is 5.56 Å². The van der Waals surface area contributed by atoms with Crippen LogP contribution >= 0.6 is 15.9 Å². The van der Waals surface area contributed by atoms with Crippen LogP contribution in [0.3, 0.4) is 0 Å². The Labute approximate surface area is 123 Å². The second-order valence-corrected chi connectivity index (χ2v) is 6.36. The van der Waals surface area contributed by atoms with Crippen molar-refractivity contribution in [2.75, 3.05) is 7.05 Å². The Balaban J connectivity index is 1.94. The summed E-state index contributed by atoms with van der Waals surface area (Å²) in [6.45, 7) is 0.927. The first kappa shape index (κ1) is 14.5. The topological polar surface area (TPSA) is 53.0 Å². The summed E-state index contributed by atoms with van der Waals surface area (Å²) >= 11 is 3.59. The number of nitrogens with two attached hydrogens (primary N) is 1. The lowest BCUT2D eigenvalue weighted by Gasteiger charge is -2.37. The average Bonchev–Trinajstić information content (AvgIpc) is 2.42. The largest absolute Gasteiger partial charge is 0.313 e. The second kappa shape index (κ2) is 6.04. The molecule has 0 amide bonds. The second-order valence-electron chi connectivity index (χ2n) is 5.51. The van der Waals surface area contributed by atoms with Gasteiger partial charge >= 0.3 is 0 Å². The molecule has 4 heteroatoms. The molecule has 0 spiro atoms. The van der Waals surface area contributed by atoms with Gasteiger partial charge in [-0.25, -0.2) is 0 Å². The van der Waals surface area contributed by atoms with E-state index in [0.29, 0.717) is 6.04 Å². The molecule has 1 saturated carbocycles. The highest BCUT2D eigenvalue weighted by molar-refractivity contribution is 9.10. The standard InChI is InChI=1S/C15H20BrN3/c1-19(10-12-4-2-3-5-14(12)16)13-6-8-15(18,11-17)9-7-13/h2-5,13H,6-10,18H2,1H3. The third-order valence-electron chi connectivity index (χ3n) is 4.07. The molecule has 2 N–H and O–H groups in total. The van der Waals surface area contributed by atoms with Crippen molar-refractivity contribution in [2.45, 2.75) is 43.8 Å². The molecule has 0 unspecified atom stereocenters. The van der Waals surface area contributed by atoms with E-state index in [1.807, 2.05) is 6.07 Å². The van der Waals surface area contributed by atoms with Crippen molar-refractivity contribution >= 4 is 15.9 Å². The first-order valence-electron chi connectivity index (χ1n) is 6.68. The number of hydrogen-bond donors (Lipinski definition) is 1. The van der Waals surface area contributed by atoms with E-state index in [9.17, 15) is 0 Å². The third-order valence-corrected chi connectivity index (χ3v) is 4.84. The van der Waals surface area contributed by atoms with Crippen LogP contribution in [0, 0.1) is 11.3 Å². The molecule has 0 aliphatic heterocycles. The minimum absolute atomic E-state index is 0.525. The summed E-state index contributed by atoms with van der Waals surface area (Å²) in [6.07, 6.45) is 3.61. The Morgan fingerprint density at radius 2 is 2.05 bits per heavy atom. The van der Waals surface area contributed by atoms with Gasteiger partial charge in [0.2, 0.25) is 0 Å². The first-order chi connectivity index (χ1) is 9.04. The maximum atomic E-state index is 9.05. The van der Waals surface area contributed by atoms with E-state index in [2.05, 4.69) is 52.1 Å². The monoisotopic (exact) mass is 321 g/mol. The molecule has 1 aromatic rings. The predicted molar refractivity (Wildman–Crippen MR) is 80.4 cm³/mol. The summed E-state index contributed by atoms with van der Waals surface area (Å²) in [5.41, 5.74) is 6.72. The maximum absolute atomic E-state index is 9.05. The fourth-order valence-electron chi connectivity index (χ4n) is 2.69. The fraction of sp³-hybridized carbons (Fsp3) is 0.533. The zero-order chi connectivity index (χ0) is 13.9. The average molecular weight is 322 g/mol. The normalized spacial score (nSPS) is 27.2. The van der Waals surface area contributed by atoms with Crippen LogP contribution in [-0.4, -0.2) is 23.5 Å². The van der Waals surface area contributed by atoms with Gasteiger partial charge in [-0.2, -0.15) is 5.26 Å². The lowest BCUT2D eigenvalue weighted by molar-refractivity contribution is 0.161. The Bertz CT molecular complexity index is 473. The van der Waals surface area contributed by atoms with Crippen molar-refractivity contribution in [3.63, 3.8) is 0 Å². The predicted octanol–water partition coefficient (Wildman–Crippen LogP) is 3.04. The van der Waals surface area contributed by atoms with Gasteiger partial charge in [-0.1, -0.05) is 34.1 Å². The Morgan fingerprint density at radius 1 is 1.42 bits per heavy atom. The van der Waals surface area contributed by atoms with Crippen LogP contribution in [0.25, 0.3) is 0 Å². The number of halogens is 1. The summed E-state index contributed by atoms with van der Waals surface area (Å²) in [6, 6.07) is 11.1. The number of benzene rings is 1. The van der Waals surface area contributed by atoms with E-state index < -0.39 is 5.54 Å². The molecule has 102 valence electrons. The number of nitriles is 1. The smallest absolute Gasteiger partial charge is 0.104 e. The van der Waals surface area contributed by atoms with Gasteiger partial charge in [-0.15, -0.1) is 0 Å². The first-order valence-corrected chi connectivity index (χ1v) is 7.47. The van der Waals surface area contributed by atoms with Gasteiger partial charge in [-0.05, 0) is 44.4 Å². The zero-order valence-electron chi connectivity index (χ0n) is 11.3. The van der Waals surface area contributed by atoms with Crippen LogP contribution in [-0.2, 0) is 6.54 Å². The van der Waals surface area contributed by atoms with E-state index >= 15 is 0 Å². The number of nitrogens with zero attached hydrogens (tertiary/aromatic N) is 2. The molecule has 3 nitrogen and oxygen atoms in total. The molecular formula is C15H20BrN3. The van der Waals surface area contributed by atoms with Gasteiger partial charge in [0, 0.05) is 17.1 Å². The quantitative estimate of drug-likeness (QED) is 0.930. The van der Waals surface area contributed by atoms with Crippen LogP contribution in [0.1, 0.15) is 31.2 Å². The molecule has 2 rings (SSSR count). The van der Waals surface area contributed by atoms with Gasteiger partial charge < -0.3 is 5.73 Å². The molecule has 1 aromatic carbocycles. The van der Waals surface area contributed by atoms with Crippen molar-refractivity contribution in [2.24, 2.45) is 5.73 Å². The highest BCUT2D eigenvalue weighted by Gasteiger charge is 2.33. The van der Waals surface area contributed by atoms with Gasteiger partial charge in [0.05, 0.1) is 6.07 Å². The fourth-order valence-corrected chi connectivity index (χ4v) is 3.10. The molecule has 0 radical (unpaired) electrons. The lowest BCUT2D eigenvalue weighted by Crippen LogP contribution is -2.46. The van der Waals surface area contributed by atoms with Crippen molar-refractivity contribution < 1.29 is 0 Å². The molecule has 19 heavy (non-hydrogen) atoms. The minimum Gasteiger partial charge on any atom is -0.313 e. The van der Waals surface area contributed by atoms with E-state index in [4.69, 9.17) is 11.0 Å². The Hall–Kier alpha value is -0.890. The summed E-state index contributed by atoms with van der Waals surface area (Å²) in [5.74, 6) is 0. The van der Waals surface area contributed by atoms with Crippen molar-refractivity contribution in [3.8, 4) is 6.07 Å². The van der Waals surface area contributed by atoms with Gasteiger partial charge in [0.25, 0.3) is 0 Å². The van der Waals surface area contributed by atoms with Crippen LogP contribution < -0.4 is 5.73 Å². The Morgan fingerprint density at radius 3 is 2.63 bits per heavy atom. The molecule has 0 bridgehead atoms. The minimum atomic E-state index is -0.593. The maximum Gasteiger partial charge on any atom is 0.104 e. The number of hydrogen-bond acceptors (Lipinski definition) is 3. The SMILES string of the molecule is CN(Cc1ccccc1Br)C1CCC(N)(C#N)CC1. The van der Waals surface area contributed by atoms with E-state index in [1.54, 1.807) is 0 Å². The molecule has 0 atom stereocenters. The summed E-state index contributed by atoms with van der Waals surface area (Å²) in [4.78, 5) is 2.37. The van der Waals surface area contributed by atoms with Crippen LogP contribution in [0.5, 0.6) is 0 Å². The van der Waals surface area contributed by atoms with Crippen LogP contribution in [0.2, 0.25) is 0 Å². The van der Waals surface area contributed by atoms with Crippen molar-refractivity contribution in [1.82, 2.24) is 4.90 Å². The van der Waals surface area contributed by atoms with Crippen LogP contribution in [0.15, 0.2) is 28.7 Å². The molecule has 1 aliphatic rings. The zero-order valence-corrected chi connectivity index (χ0v) is 12.9. The van der Waals surface area contributed by atoms with E-state index in [-0.39, 0.29) is 0 Å². The highest BCUT2D eigenvalue weighted by atomic mass is 79.9. The molecule has 0 aromatic heterocycles. The molecule has 0 heterocycles. The molecule has 1 fully saturated rings. The van der Waals surface area contributed by atoms with Gasteiger partial charge in [0.1, 0.15) is 5.54 Å². The Kier molecular flexibility index (Phi) is 4.62. The summed E-state index contributed by atoms with van der Waals surface area (Å²) in [7, 11) is 2.15. The third kappa shape index (κ3) is 3.56. The van der Waals surface area contributed by atoms with Gasteiger partial charge in [0.15, 0.2) is 0 Å². The number of rotatable bonds is 3.